The summed E-state index contributed by atoms with van der Waals surface area (Å²) in [5.41, 5.74) is 1.35. The Bertz CT molecular complexity index is 1350. The number of carboxylic acid groups (broad SMARTS) is 1. The molecule has 1 amide bonds. The molecule has 1 aliphatic heterocycles. The number of aromatic nitrogens is 1. The van der Waals surface area contributed by atoms with Gasteiger partial charge in [0.2, 0.25) is 11.8 Å². The van der Waals surface area contributed by atoms with E-state index in [1.54, 1.807) is 0 Å². The van der Waals surface area contributed by atoms with Gasteiger partial charge in [0, 0.05) is 30.0 Å². The standard InChI is InChI=1S/C36H49N3O4S/c1-25-11-13-26(14-12-25)34(40)39(31-23-30(19-20-36(2,3)4)44-33(31)35(41)42)28-15-17-29(18-16-28)43-32-10-8-9-27(37-32)24-38-21-6-5-7-22-38/h8-10,23,25-26,28-29H,5-7,11-18,21-22,24H2,1-4H3,(H,41,42)/t25-,26-,28-,29-. The minimum absolute atomic E-state index is 0.0195. The fraction of sp³-hybridized carbons (Fsp3) is 0.639. The third kappa shape index (κ3) is 8.63. The second kappa shape index (κ2) is 14.5. The van der Waals surface area contributed by atoms with Gasteiger partial charge >= 0.3 is 5.97 Å². The first-order valence-electron chi connectivity index (χ1n) is 16.6. The van der Waals surface area contributed by atoms with E-state index < -0.39 is 5.97 Å². The predicted octanol–water partition coefficient (Wildman–Crippen LogP) is 7.77. The fourth-order valence-corrected chi connectivity index (χ4v) is 7.61. The van der Waals surface area contributed by atoms with Crippen LogP contribution in [0.15, 0.2) is 24.3 Å². The SMILES string of the molecule is CC(C)(C)C#Cc1cc(N(C(=O)[C@H]2CC[C@H](C)CC2)[C@H]2CC[C@H](Oc3cccc(CN4CCCCC4)n3)CC2)c(C(=O)O)s1. The molecule has 3 aliphatic rings. The summed E-state index contributed by atoms with van der Waals surface area (Å²) in [5.74, 6) is 6.70. The Morgan fingerprint density at radius 3 is 2.41 bits per heavy atom. The van der Waals surface area contributed by atoms with Crippen molar-refractivity contribution >= 4 is 28.9 Å². The highest BCUT2D eigenvalue weighted by atomic mass is 32.1. The molecule has 44 heavy (non-hydrogen) atoms. The van der Waals surface area contributed by atoms with E-state index in [1.165, 1.54) is 30.6 Å². The van der Waals surface area contributed by atoms with Gasteiger partial charge in [-0.1, -0.05) is 31.3 Å². The van der Waals surface area contributed by atoms with Crippen LogP contribution >= 0.6 is 11.3 Å². The molecule has 1 saturated heterocycles. The summed E-state index contributed by atoms with van der Waals surface area (Å²) in [6.07, 6.45) is 10.7. The van der Waals surface area contributed by atoms with Crippen LogP contribution in [0.25, 0.3) is 0 Å². The molecule has 1 N–H and O–H groups in total. The number of hydrogen-bond donors (Lipinski definition) is 1. The number of carboxylic acids is 1. The van der Waals surface area contributed by atoms with E-state index in [1.807, 2.05) is 43.9 Å². The summed E-state index contributed by atoms with van der Waals surface area (Å²) in [6.45, 7) is 11.5. The zero-order chi connectivity index (χ0) is 31.3. The Morgan fingerprint density at radius 2 is 1.75 bits per heavy atom. The number of amides is 1. The molecule has 0 unspecified atom stereocenters. The van der Waals surface area contributed by atoms with Crippen LogP contribution < -0.4 is 9.64 Å². The number of aromatic carboxylic acids is 1. The topological polar surface area (TPSA) is 83.0 Å². The largest absolute Gasteiger partial charge is 0.477 e. The van der Waals surface area contributed by atoms with Crippen molar-refractivity contribution in [2.45, 2.75) is 117 Å². The Kier molecular flexibility index (Phi) is 10.7. The van der Waals surface area contributed by atoms with E-state index in [2.05, 4.69) is 29.7 Å². The van der Waals surface area contributed by atoms with Crippen molar-refractivity contribution in [3.63, 3.8) is 0 Å². The van der Waals surface area contributed by atoms with Crippen LogP contribution in [0.4, 0.5) is 5.69 Å². The summed E-state index contributed by atoms with van der Waals surface area (Å²) in [6, 6.07) is 7.82. The van der Waals surface area contributed by atoms with Crippen LogP contribution in [0.1, 0.15) is 119 Å². The first kappa shape index (κ1) is 32.5. The summed E-state index contributed by atoms with van der Waals surface area (Å²) in [5, 5.41) is 10.2. The molecule has 2 aliphatic carbocycles. The van der Waals surface area contributed by atoms with Gasteiger partial charge in [-0.2, -0.15) is 0 Å². The Morgan fingerprint density at radius 1 is 1.05 bits per heavy atom. The minimum atomic E-state index is -1.00. The zero-order valence-electron chi connectivity index (χ0n) is 26.9. The minimum Gasteiger partial charge on any atom is -0.477 e. The molecule has 3 heterocycles. The highest BCUT2D eigenvalue weighted by Crippen LogP contribution is 2.39. The number of carbonyl (C=O) groups is 2. The maximum atomic E-state index is 14.2. The smallest absolute Gasteiger partial charge is 0.348 e. The van der Waals surface area contributed by atoms with Gasteiger partial charge in [-0.25, -0.2) is 9.78 Å². The second-order valence-corrected chi connectivity index (χ2v) is 15.2. The van der Waals surface area contributed by atoms with Gasteiger partial charge in [0.25, 0.3) is 0 Å². The number of anilines is 1. The molecule has 0 atom stereocenters. The van der Waals surface area contributed by atoms with Gasteiger partial charge in [0.15, 0.2) is 0 Å². The first-order chi connectivity index (χ1) is 21.1. The van der Waals surface area contributed by atoms with Crippen molar-refractivity contribution in [1.82, 2.24) is 9.88 Å². The van der Waals surface area contributed by atoms with Crippen LogP contribution in [0, 0.1) is 29.1 Å². The third-order valence-electron chi connectivity index (χ3n) is 9.24. The lowest BCUT2D eigenvalue weighted by molar-refractivity contribution is -0.124. The molecule has 0 radical (unpaired) electrons. The zero-order valence-corrected chi connectivity index (χ0v) is 27.8. The van der Waals surface area contributed by atoms with Gasteiger partial charge in [-0.05, 0) is 116 Å². The normalized spacial score (nSPS) is 24.6. The summed E-state index contributed by atoms with van der Waals surface area (Å²) in [4.78, 5) is 36.7. The first-order valence-corrected chi connectivity index (χ1v) is 17.5. The number of piperidine rings is 1. The number of thiophene rings is 1. The molecule has 2 saturated carbocycles. The average Bonchev–Trinajstić information content (AvgIpc) is 3.42. The monoisotopic (exact) mass is 619 g/mol. The van der Waals surface area contributed by atoms with Crippen molar-refractivity contribution in [1.29, 1.82) is 0 Å². The highest BCUT2D eigenvalue weighted by Gasteiger charge is 2.38. The summed E-state index contributed by atoms with van der Waals surface area (Å²) < 4.78 is 6.39. The van der Waals surface area contributed by atoms with E-state index in [-0.39, 0.29) is 34.3 Å². The molecule has 0 bridgehead atoms. The molecule has 0 aromatic carbocycles. The molecule has 7 nitrogen and oxygen atoms in total. The molecule has 5 rings (SSSR count). The number of pyridine rings is 1. The maximum absolute atomic E-state index is 14.2. The number of ether oxygens (including phenoxy) is 1. The van der Waals surface area contributed by atoms with Crippen molar-refractivity contribution < 1.29 is 19.4 Å². The molecular formula is C36H49N3O4S. The molecular weight excluding hydrogens is 570 g/mol. The van der Waals surface area contributed by atoms with Crippen LogP contribution in [0.2, 0.25) is 0 Å². The predicted molar refractivity (Wildman–Crippen MR) is 176 cm³/mol. The van der Waals surface area contributed by atoms with Crippen LogP contribution in [-0.2, 0) is 11.3 Å². The van der Waals surface area contributed by atoms with Gasteiger partial charge < -0.3 is 14.7 Å². The van der Waals surface area contributed by atoms with Gasteiger partial charge in [0.1, 0.15) is 11.0 Å². The highest BCUT2D eigenvalue weighted by molar-refractivity contribution is 7.15. The van der Waals surface area contributed by atoms with E-state index >= 15 is 0 Å². The van der Waals surface area contributed by atoms with Crippen molar-refractivity contribution in [3.05, 3.63) is 39.7 Å². The number of hydrogen-bond acceptors (Lipinski definition) is 6. The Labute approximate surface area is 267 Å². The molecule has 8 heteroatoms. The molecule has 2 aromatic heterocycles. The van der Waals surface area contributed by atoms with Crippen molar-refractivity contribution in [2.75, 3.05) is 18.0 Å². The summed E-state index contributed by atoms with van der Waals surface area (Å²) >= 11 is 1.18. The average molecular weight is 620 g/mol. The van der Waals surface area contributed by atoms with E-state index in [0.717, 1.165) is 76.7 Å². The number of nitrogens with zero attached hydrogens (tertiary/aromatic N) is 3. The molecule has 2 aromatic rings. The van der Waals surface area contributed by atoms with Gasteiger partial charge in [-0.3, -0.25) is 9.69 Å². The Balaban J connectivity index is 1.32. The van der Waals surface area contributed by atoms with E-state index in [0.29, 0.717) is 22.4 Å². The van der Waals surface area contributed by atoms with Crippen LogP contribution in [-0.4, -0.2) is 52.1 Å². The summed E-state index contributed by atoms with van der Waals surface area (Å²) in [7, 11) is 0. The van der Waals surface area contributed by atoms with Gasteiger partial charge in [0.05, 0.1) is 16.3 Å². The van der Waals surface area contributed by atoms with Gasteiger partial charge in [-0.15, -0.1) is 11.3 Å². The number of rotatable bonds is 8. The number of carbonyl (C=O) groups excluding carboxylic acids is 1. The maximum Gasteiger partial charge on any atom is 0.348 e. The number of likely N-dealkylation sites (tertiary alicyclic amines) is 1. The molecule has 0 spiro atoms. The lowest BCUT2D eigenvalue weighted by Crippen LogP contribution is -2.47. The van der Waals surface area contributed by atoms with E-state index in [4.69, 9.17) is 9.72 Å². The third-order valence-corrected chi connectivity index (χ3v) is 10.3. The van der Waals surface area contributed by atoms with E-state index in [9.17, 15) is 14.7 Å². The molecule has 238 valence electrons. The van der Waals surface area contributed by atoms with Crippen molar-refractivity contribution in [2.24, 2.45) is 17.3 Å². The fourth-order valence-electron chi connectivity index (χ4n) is 6.77. The van der Waals surface area contributed by atoms with Crippen LogP contribution in [0.5, 0.6) is 5.88 Å². The lowest BCUT2D eigenvalue weighted by atomic mass is 9.81. The van der Waals surface area contributed by atoms with Crippen molar-refractivity contribution in [3.8, 4) is 17.7 Å². The second-order valence-electron chi connectivity index (χ2n) is 14.1. The Hall–Kier alpha value is -2.89. The quantitative estimate of drug-likeness (QED) is 0.304. The van der Waals surface area contributed by atoms with Crippen LogP contribution in [0.3, 0.4) is 0 Å². The lowest BCUT2D eigenvalue weighted by Gasteiger charge is -2.39. The molecule has 3 fully saturated rings.